The van der Waals surface area contributed by atoms with Gasteiger partial charge in [0.15, 0.2) is 5.78 Å². The Kier molecular flexibility index (Phi) is 6.09. The third kappa shape index (κ3) is 5.53. The van der Waals surface area contributed by atoms with Gasteiger partial charge in [-0.25, -0.2) is 0 Å². The Morgan fingerprint density at radius 2 is 1.80 bits per heavy atom. The summed E-state index contributed by atoms with van der Waals surface area (Å²) in [6.07, 6.45) is 4.50. The summed E-state index contributed by atoms with van der Waals surface area (Å²) in [5, 5.41) is 5.77. The van der Waals surface area contributed by atoms with Crippen molar-refractivity contribution >= 4 is 39.0 Å². The van der Waals surface area contributed by atoms with Crippen molar-refractivity contribution in [3.63, 3.8) is 0 Å². The molecule has 0 saturated carbocycles. The van der Waals surface area contributed by atoms with Crippen LogP contribution < -0.4 is 10.6 Å². The largest absolute Gasteiger partial charge is 0.350 e. The number of rotatable bonds is 5. The van der Waals surface area contributed by atoms with Crippen LogP contribution in [0.15, 0.2) is 65.0 Å². The summed E-state index contributed by atoms with van der Waals surface area (Å²) >= 11 is 3.43. The molecule has 0 spiro atoms. The molecule has 0 aliphatic heterocycles. The fourth-order valence-electron chi connectivity index (χ4n) is 1.85. The normalized spacial score (nSPS) is 11.8. The van der Waals surface area contributed by atoms with Crippen molar-refractivity contribution in [3.8, 4) is 0 Å². The van der Waals surface area contributed by atoms with E-state index in [1.807, 2.05) is 24.3 Å². The van der Waals surface area contributed by atoms with Crippen LogP contribution >= 0.6 is 15.9 Å². The number of halogens is 1. The number of anilines is 2. The highest BCUT2D eigenvalue weighted by molar-refractivity contribution is 9.10. The fraction of sp³-hybridized carbons (Fsp3) is 0.211. The molecule has 0 bridgehead atoms. The number of benzene rings is 1. The second kappa shape index (κ2) is 8.07. The summed E-state index contributed by atoms with van der Waals surface area (Å²) in [5.41, 5.74) is 0.818. The van der Waals surface area contributed by atoms with E-state index in [1.54, 1.807) is 45.3 Å². The van der Waals surface area contributed by atoms with Crippen LogP contribution in [0.4, 0.5) is 11.4 Å². The van der Waals surface area contributed by atoms with E-state index in [1.165, 1.54) is 6.08 Å². The molecule has 0 atom stereocenters. The van der Waals surface area contributed by atoms with Crippen molar-refractivity contribution in [2.45, 2.75) is 20.8 Å². The van der Waals surface area contributed by atoms with E-state index < -0.39 is 11.3 Å². The number of carbonyl (C=O) groups is 2. The predicted molar refractivity (Wildman–Crippen MR) is 103 cm³/mol. The van der Waals surface area contributed by atoms with Crippen LogP contribution in [0.5, 0.6) is 0 Å². The van der Waals surface area contributed by atoms with E-state index in [-0.39, 0.29) is 11.5 Å². The SMILES string of the molecule is CC(C)(C)C(=O)C=C(Nc1ccccc1Br)C(=O)Nc1cccnc1. The molecule has 25 heavy (non-hydrogen) atoms. The Labute approximate surface area is 155 Å². The molecule has 2 aromatic rings. The summed E-state index contributed by atoms with van der Waals surface area (Å²) in [6, 6.07) is 10.8. The van der Waals surface area contributed by atoms with E-state index in [9.17, 15) is 9.59 Å². The first kappa shape index (κ1) is 18.9. The number of nitrogens with zero attached hydrogens (tertiary/aromatic N) is 1. The number of amides is 1. The third-order valence-corrected chi connectivity index (χ3v) is 4.01. The number of allylic oxidation sites excluding steroid dienone is 1. The van der Waals surface area contributed by atoms with Crippen molar-refractivity contribution < 1.29 is 9.59 Å². The van der Waals surface area contributed by atoms with Gasteiger partial charge >= 0.3 is 0 Å². The molecule has 6 heteroatoms. The lowest BCUT2D eigenvalue weighted by atomic mass is 9.90. The van der Waals surface area contributed by atoms with Gasteiger partial charge < -0.3 is 10.6 Å². The van der Waals surface area contributed by atoms with Crippen LogP contribution in [0.25, 0.3) is 0 Å². The van der Waals surface area contributed by atoms with Gasteiger partial charge in [-0.2, -0.15) is 0 Å². The highest BCUT2D eigenvalue weighted by Gasteiger charge is 2.22. The lowest BCUT2D eigenvalue weighted by Crippen LogP contribution is -2.24. The number of hydrogen-bond acceptors (Lipinski definition) is 4. The van der Waals surface area contributed by atoms with Crippen molar-refractivity contribution in [3.05, 3.63) is 65.0 Å². The van der Waals surface area contributed by atoms with Gasteiger partial charge in [0.05, 0.1) is 17.6 Å². The zero-order valence-electron chi connectivity index (χ0n) is 14.3. The van der Waals surface area contributed by atoms with Gasteiger partial charge in [-0.3, -0.25) is 14.6 Å². The molecule has 130 valence electrons. The zero-order chi connectivity index (χ0) is 18.4. The number of nitrogens with one attached hydrogen (secondary N) is 2. The lowest BCUT2D eigenvalue weighted by molar-refractivity contribution is -0.122. The molecule has 0 aliphatic carbocycles. The monoisotopic (exact) mass is 401 g/mol. The number of ketones is 1. The first-order valence-electron chi connectivity index (χ1n) is 7.76. The van der Waals surface area contributed by atoms with Crippen LogP contribution in [0.2, 0.25) is 0 Å². The molecular formula is C19H20BrN3O2. The van der Waals surface area contributed by atoms with Gasteiger partial charge in [0.25, 0.3) is 5.91 Å². The van der Waals surface area contributed by atoms with E-state index in [4.69, 9.17) is 0 Å². The van der Waals surface area contributed by atoms with E-state index in [0.29, 0.717) is 11.4 Å². The number of carbonyl (C=O) groups excluding carboxylic acids is 2. The number of hydrogen-bond donors (Lipinski definition) is 2. The number of para-hydroxylation sites is 1. The minimum atomic E-state index is -0.588. The Hall–Kier alpha value is -2.47. The lowest BCUT2D eigenvalue weighted by Gasteiger charge is -2.17. The molecular weight excluding hydrogens is 382 g/mol. The second-order valence-electron chi connectivity index (χ2n) is 6.47. The Morgan fingerprint density at radius 1 is 1.08 bits per heavy atom. The Bertz CT molecular complexity index is 796. The molecule has 1 aromatic heterocycles. The van der Waals surface area contributed by atoms with Gasteiger partial charge in [0, 0.05) is 22.2 Å². The summed E-state index contributed by atoms with van der Waals surface area (Å²) in [7, 11) is 0. The van der Waals surface area contributed by atoms with E-state index in [0.717, 1.165) is 4.47 Å². The molecule has 2 N–H and O–H groups in total. The number of aromatic nitrogens is 1. The van der Waals surface area contributed by atoms with Crippen LogP contribution in [0.1, 0.15) is 20.8 Å². The summed E-state index contributed by atoms with van der Waals surface area (Å²) in [4.78, 5) is 29.0. The highest BCUT2D eigenvalue weighted by atomic mass is 79.9. The van der Waals surface area contributed by atoms with E-state index in [2.05, 4.69) is 31.5 Å². The minimum Gasteiger partial charge on any atom is -0.350 e. The highest BCUT2D eigenvalue weighted by Crippen LogP contribution is 2.24. The van der Waals surface area contributed by atoms with Gasteiger partial charge in [-0.1, -0.05) is 32.9 Å². The van der Waals surface area contributed by atoms with Crippen LogP contribution in [-0.4, -0.2) is 16.7 Å². The maximum atomic E-state index is 12.7. The molecule has 5 nitrogen and oxygen atoms in total. The smallest absolute Gasteiger partial charge is 0.272 e. The van der Waals surface area contributed by atoms with Gasteiger partial charge in [-0.15, -0.1) is 0 Å². The molecule has 1 amide bonds. The standard InChI is InChI=1S/C19H20BrN3O2/c1-19(2,3)17(24)11-16(23-15-9-5-4-8-14(15)20)18(25)22-13-7-6-10-21-12-13/h4-12,23H,1-3H3,(H,22,25). The molecule has 0 unspecified atom stereocenters. The first-order chi connectivity index (χ1) is 11.8. The topological polar surface area (TPSA) is 71.1 Å². The van der Waals surface area contributed by atoms with Crippen LogP contribution in [0, 0.1) is 5.41 Å². The van der Waals surface area contributed by atoms with Crippen molar-refractivity contribution in [1.82, 2.24) is 4.98 Å². The van der Waals surface area contributed by atoms with Gasteiger partial charge in [0.1, 0.15) is 5.70 Å². The Balaban J connectivity index is 2.31. The van der Waals surface area contributed by atoms with Crippen molar-refractivity contribution in [1.29, 1.82) is 0 Å². The van der Waals surface area contributed by atoms with Gasteiger partial charge in [-0.05, 0) is 40.2 Å². The average Bonchev–Trinajstić information content (AvgIpc) is 2.56. The third-order valence-electron chi connectivity index (χ3n) is 3.32. The van der Waals surface area contributed by atoms with Crippen LogP contribution in [-0.2, 0) is 9.59 Å². The van der Waals surface area contributed by atoms with Gasteiger partial charge in [0.2, 0.25) is 0 Å². The van der Waals surface area contributed by atoms with Crippen molar-refractivity contribution in [2.75, 3.05) is 10.6 Å². The molecule has 1 aromatic carbocycles. The fourth-order valence-corrected chi connectivity index (χ4v) is 2.23. The van der Waals surface area contributed by atoms with Crippen molar-refractivity contribution in [2.24, 2.45) is 5.41 Å². The minimum absolute atomic E-state index is 0.150. The van der Waals surface area contributed by atoms with Crippen LogP contribution in [0.3, 0.4) is 0 Å². The second-order valence-corrected chi connectivity index (χ2v) is 7.33. The summed E-state index contributed by atoms with van der Waals surface area (Å²) in [6.45, 7) is 5.42. The zero-order valence-corrected chi connectivity index (χ0v) is 15.9. The summed E-state index contributed by atoms with van der Waals surface area (Å²) < 4.78 is 0.790. The maximum Gasteiger partial charge on any atom is 0.272 e. The molecule has 2 rings (SSSR count). The quantitative estimate of drug-likeness (QED) is 0.728. The molecule has 0 aliphatic rings. The average molecular weight is 402 g/mol. The Morgan fingerprint density at radius 3 is 2.40 bits per heavy atom. The molecule has 0 saturated heterocycles. The molecule has 0 radical (unpaired) electrons. The maximum absolute atomic E-state index is 12.7. The summed E-state index contributed by atoms with van der Waals surface area (Å²) in [5.74, 6) is -0.565. The first-order valence-corrected chi connectivity index (χ1v) is 8.56. The number of pyridine rings is 1. The molecule has 0 fully saturated rings. The van der Waals surface area contributed by atoms with E-state index >= 15 is 0 Å². The predicted octanol–water partition coefficient (Wildman–Crippen LogP) is 4.39. The molecule has 1 heterocycles.